The molecular formula is C29H27ClN6O6. The number of ether oxygens (including phenoxy) is 3. The Hall–Kier alpha value is -4.36. The second kappa shape index (κ2) is 11.9. The smallest absolute Gasteiger partial charge is 0.320 e. The third kappa shape index (κ3) is 5.32. The molecule has 13 heteroatoms. The van der Waals surface area contributed by atoms with Gasteiger partial charge in [0.15, 0.2) is 18.8 Å². The molecule has 2 aromatic heterocycles. The molecule has 2 aliphatic heterocycles. The van der Waals surface area contributed by atoms with Gasteiger partial charge in [-0.1, -0.05) is 48.0 Å². The molecule has 0 spiro atoms. The summed E-state index contributed by atoms with van der Waals surface area (Å²) in [7, 11) is 0. The summed E-state index contributed by atoms with van der Waals surface area (Å²) in [5.41, 5.74) is 1.83. The molecule has 3 amide bonds. The van der Waals surface area contributed by atoms with E-state index >= 15 is 0 Å². The summed E-state index contributed by atoms with van der Waals surface area (Å²) in [6.45, 7) is 2.28. The molecule has 0 radical (unpaired) electrons. The number of halogens is 1. The van der Waals surface area contributed by atoms with Crippen LogP contribution in [0.2, 0.25) is 5.02 Å². The molecule has 4 aromatic rings. The summed E-state index contributed by atoms with van der Waals surface area (Å²) in [6.07, 6.45) is 0.376. The highest BCUT2D eigenvalue weighted by Gasteiger charge is 2.54. The lowest BCUT2D eigenvalue weighted by Gasteiger charge is -2.22. The number of hydrogen-bond acceptors (Lipinski definition) is 8. The molecule has 2 aromatic carbocycles. The highest BCUT2D eigenvalue weighted by atomic mass is 35.5. The molecule has 3 N–H and O–H groups in total. The zero-order valence-corrected chi connectivity index (χ0v) is 23.2. The zero-order valence-electron chi connectivity index (χ0n) is 22.4. The van der Waals surface area contributed by atoms with Crippen LogP contribution in [0.5, 0.6) is 0 Å². The Labute approximate surface area is 245 Å². The summed E-state index contributed by atoms with van der Waals surface area (Å²) in [4.78, 5) is 45.5. The van der Waals surface area contributed by atoms with Crippen molar-refractivity contribution in [1.29, 1.82) is 0 Å². The fraction of sp³-hybridized carbons (Fsp3) is 0.276. The third-order valence-electron chi connectivity index (χ3n) is 7.10. The molecule has 5 atom stereocenters. The Morgan fingerprint density at radius 2 is 1.81 bits per heavy atom. The predicted molar refractivity (Wildman–Crippen MR) is 153 cm³/mol. The summed E-state index contributed by atoms with van der Waals surface area (Å²) in [6, 6.07) is 15.7. The Morgan fingerprint density at radius 1 is 1.00 bits per heavy atom. The van der Waals surface area contributed by atoms with Crippen LogP contribution in [0.1, 0.15) is 41.8 Å². The molecule has 0 saturated carbocycles. The van der Waals surface area contributed by atoms with Crippen LogP contribution in [0, 0.1) is 0 Å². The number of anilines is 2. The number of carbonyl (C=O) groups is 3. The van der Waals surface area contributed by atoms with Gasteiger partial charge in [0, 0.05) is 23.9 Å². The Balaban J connectivity index is 1.29. The van der Waals surface area contributed by atoms with Gasteiger partial charge in [-0.15, -0.1) is 0 Å². The van der Waals surface area contributed by atoms with Crippen molar-refractivity contribution in [3.05, 3.63) is 83.3 Å². The maximum absolute atomic E-state index is 13.2. The number of benzene rings is 2. The lowest BCUT2D eigenvalue weighted by atomic mass is 10.1. The van der Waals surface area contributed by atoms with Gasteiger partial charge in [-0.05, 0) is 25.1 Å². The van der Waals surface area contributed by atoms with Crippen molar-refractivity contribution in [1.82, 2.24) is 19.9 Å². The first kappa shape index (κ1) is 27.8. The standard InChI is InChI=1S/C29H27ClN6O6/c1-2-31-29(39)35-25-18-11-12-36(26(18)33-15-32-25)27-24-23(41-28(42-24)16-7-4-3-5-8-16)20(40-27)13-21(38)34-22-17(14-37)9-6-10-19(22)30/h3-12,14-15,20,23-24,27-28H,2,13H2,1H3,(H,34,38)(H2,31,32,33,35,39)/t20?,23?,24?,27?,28-/m0/s1. The van der Waals surface area contributed by atoms with E-state index in [1.165, 1.54) is 6.33 Å². The van der Waals surface area contributed by atoms with E-state index in [0.29, 0.717) is 29.7 Å². The van der Waals surface area contributed by atoms with Gasteiger partial charge in [0.1, 0.15) is 30.0 Å². The van der Waals surface area contributed by atoms with Gasteiger partial charge in [-0.3, -0.25) is 14.9 Å². The van der Waals surface area contributed by atoms with E-state index in [1.807, 2.05) is 37.3 Å². The predicted octanol–water partition coefficient (Wildman–Crippen LogP) is 4.45. The molecule has 4 heterocycles. The molecule has 42 heavy (non-hydrogen) atoms. The van der Waals surface area contributed by atoms with Crippen molar-refractivity contribution in [3.8, 4) is 0 Å². The van der Waals surface area contributed by atoms with Gasteiger partial charge < -0.3 is 29.4 Å². The average molecular weight is 591 g/mol. The van der Waals surface area contributed by atoms with E-state index in [4.69, 9.17) is 25.8 Å². The van der Waals surface area contributed by atoms with Gasteiger partial charge >= 0.3 is 6.03 Å². The number of para-hydroxylation sites is 1. The van der Waals surface area contributed by atoms with E-state index in [9.17, 15) is 14.4 Å². The fourth-order valence-electron chi connectivity index (χ4n) is 5.22. The topological polar surface area (TPSA) is 146 Å². The number of aromatic nitrogens is 3. The second-order valence-corrected chi connectivity index (χ2v) is 10.2. The lowest BCUT2D eigenvalue weighted by Crippen LogP contribution is -2.31. The third-order valence-corrected chi connectivity index (χ3v) is 7.41. The highest BCUT2D eigenvalue weighted by Crippen LogP contribution is 2.46. The maximum Gasteiger partial charge on any atom is 0.320 e. The van der Waals surface area contributed by atoms with Crippen molar-refractivity contribution in [2.45, 2.75) is 44.2 Å². The van der Waals surface area contributed by atoms with Crippen LogP contribution in [0.4, 0.5) is 16.3 Å². The molecular weight excluding hydrogens is 564 g/mol. The molecule has 2 saturated heterocycles. The quantitative estimate of drug-likeness (QED) is 0.255. The number of amides is 3. The number of carbonyl (C=O) groups excluding carboxylic acids is 3. The Bertz CT molecular complexity index is 1630. The van der Waals surface area contributed by atoms with Crippen molar-refractivity contribution < 1.29 is 28.6 Å². The SMILES string of the molecule is CCNC(=O)Nc1ncnc2c1ccn2C1OC(CC(=O)Nc2c(Cl)cccc2C=O)C2O[C@H](c3ccccc3)OC21. The normalized spacial score (nSPS) is 23.0. The van der Waals surface area contributed by atoms with Crippen LogP contribution < -0.4 is 16.0 Å². The van der Waals surface area contributed by atoms with E-state index in [0.717, 1.165) is 5.56 Å². The number of urea groups is 1. The zero-order chi connectivity index (χ0) is 29.2. The van der Waals surface area contributed by atoms with E-state index < -0.39 is 36.7 Å². The summed E-state index contributed by atoms with van der Waals surface area (Å²) in [5, 5.41) is 9.01. The van der Waals surface area contributed by atoms with E-state index in [1.54, 1.807) is 35.0 Å². The van der Waals surface area contributed by atoms with Crippen molar-refractivity contribution in [2.75, 3.05) is 17.2 Å². The van der Waals surface area contributed by atoms with Crippen molar-refractivity contribution >= 4 is 52.4 Å². The molecule has 0 bridgehead atoms. The largest absolute Gasteiger partial charge is 0.348 e. The number of aldehydes is 1. The fourth-order valence-corrected chi connectivity index (χ4v) is 5.45. The van der Waals surface area contributed by atoms with Gasteiger partial charge in [0.05, 0.1) is 28.6 Å². The molecule has 216 valence electrons. The Kier molecular flexibility index (Phi) is 7.85. The molecule has 6 rings (SSSR count). The van der Waals surface area contributed by atoms with Gasteiger partial charge in [-0.2, -0.15) is 0 Å². The monoisotopic (exact) mass is 590 g/mol. The molecule has 2 fully saturated rings. The summed E-state index contributed by atoms with van der Waals surface area (Å²) >= 11 is 6.26. The van der Waals surface area contributed by atoms with Crippen molar-refractivity contribution in [3.63, 3.8) is 0 Å². The molecule has 0 aliphatic carbocycles. The van der Waals surface area contributed by atoms with Crippen LogP contribution in [0.3, 0.4) is 0 Å². The van der Waals surface area contributed by atoms with Gasteiger partial charge in [-0.25, -0.2) is 14.8 Å². The first-order valence-corrected chi connectivity index (χ1v) is 13.8. The maximum atomic E-state index is 13.2. The number of nitrogens with zero attached hydrogens (tertiary/aromatic N) is 3. The molecule has 2 aliphatic rings. The second-order valence-electron chi connectivity index (χ2n) is 9.75. The van der Waals surface area contributed by atoms with Crippen LogP contribution in [-0.2, 0) is 19.0 Å². The summed E-state index contributed by atoms with van der Waals surface area (Å²) < 4.78 is 20.9. The minimum absolute atomic E-state index is 0.0930. The number of fused-ring (bicyclic) bond motifs is 2. The first-order valence-electron chi connectivity index (χ1n) is 13.4. The number of nitrogens with one attached hydrogen (secondary N) is 3. The van der Waals surface area contributed by atoms with E-state index in [2.05, 4.69) is 25.9 Å². The van der Waals surface area contributed by atoms with Gasteiger partial charge in [0.25, 0.3) is 0 Å². The van der Waals surface area contributed by atoms with Crippen molar-refractivity contribution in [2.24, 2.45) is 0 Å². The van der Waals surface area contributed by atoms with Crippen LogP contribution >= 0.6 is 11.6 Å². The molecule has 4 unspecified atom stereocenters. The number of rotatable bonds is 8. The van der Waals surface area contributed by atoms with Gasteiger partial charge in [0.2, 0.25) is 5.91 Å². The molecule has 12 nitrogen and oxygen atoms in total. The van der Waals surface area contributed by atoms with Crippen LogP contribution in [0.15, 0.2) is 67.1 Å². The Morgan fingerprint density at radius 3 is 2.60 bits per heavy atom. The van der Waals surface area contributed by atoms with Crippen LogP contribution in [-0.4, -0.2) is 57.6 Å². The average Bonchev–Trinajstić information content (AvgIpc) is 3.70. The van der Waals surface area contributed by atoms with Crippen LogP contribution in [0.25, 0.3) is 11.0 Å². The lowest BCUT2D eigenvalue weighted by molar-refractivity contribution is -0.151. The highest BCUT2D eigenvalue weighted by molar-refractivity contribution is 6.34. The summed E-state index contributed by atoms with van der Waals surface area (Å²) in [5.74, 6) is -0.0675. The number of hydrogen-bond donors (Lipinski definition) is 3. The van der Waals surface area contributed by atoms with E-state index in [-0.39, 0.29) is 28.7 Å². The first-order chi connectivity index (χ1) is 20.5. The minimum Gasteiger partial charge on any atom is -0.348 e. The minimum atomic E-state index is -0.711.